The second-order valence-electron chi connectivity index (χ2n) is 5.03. The molecule has 1 aliphatic rings. The van der Waals surface area contributed by atoms with Gasteiger partial charge in [0.2, 0.25) is 0 Å². The van der Waals surface area contributed by atoms with E-state index < -0.39 is 0 Å². The molecule has 1 aliphatic carbocycles. The van der Waals surface area contributed by atoms with E-state index in [1.807, 2.05) is 33.8 Å². The van der Waals surface area contributed by atoms with Gasteiger partial charge in [0.05, 0.1) is 0 Å². The number of rotatable bonds is 2. The average Bonchev–Trinajstić information content (AvgIpc) is 3.45. The standard InChI is InChI=1S/C10H12.C8H10.2C2H6/c1-8-3-2-4-10(7-8)9-5-6-9;1-2-8-6-4-3-5-7-8;2*1-2/h2-4,7,9H,5-6H2,1H3;3-7H,2H2,1H3;2*1-2H3. The molecular formula is C22H34. The molecular weight excluding hydrogens is 264 g/mol. The van der Waals surface area contributed by atoms with E-state index in [4.69, 9.17) is 0 Å². The summed E-state index contributed by atoms with van der Waals surface area (Å²) in [6, 6.07) is 19.3. The van der Waals surface area contributed by atoms with Crippen LogP contribution in [0.25, 0.3) is 0 Å². The molecule has 0 aliphatic heterocycles. The van der Waals surface area contributed by atoms with Crippen molar-refractivity contribution in [2.45, 2.75) is 66.7 Å². The molecule has 2 aromatic rings. The maximum Gasteiger partial charge on any atom is -0.0161 e. The average molecular weight is 299 g/mol. The molecule has 1 fully saturated rings. The fourth-order valence-electron chi connectivity index (χ4n) is 2.05. The first-order chi connectivity index (χ1) is 10.8. The fraction of sp³-hybridized carbons (Fsp3) is 0.455. The van der Waals surface area contributed by atoms with Crippen molar-refractivity contribution in [3.63, 3.8) is 0 Å². The number of hydrogen-bond donors (Lipinski definition) is 0. The Bertz CT molecular complexity index is 466. The molecule has 0 atom stereocenters. The van der Waals surface area contributed by atoms with E-state index in [1.165, 1.54) is 24.0 Å². The van der Waals surface area contributed by atoms with Crippen molar-refractivity contribution < 1.29 is 0 Å². The van der Waals surface area contributed by atoms with Crippen LogP contribution in [0.4, 0.5) is 0 Å². The summed E-state index contributed by atoms with van der Waals surface area (Å²) in [6.07, 6.45) is 3.95. The lowest BCUT2D eigenvalue weighted by Gasteiger charge is -1.97. The second-order valence-corrected chi connectivity index (χ2v) is 5.03. The Kier molecular flexibility index (Phi) is 12.2. The molecule has 0 saturated heterocycles. The second kappa shape index (κ2) is 13.1. The smallest absolute Gasteiger partial charge is 0.0161 e. The van der Waals surface area contributed by atoms with Gasteiger partial charge in [-0.2, -0.15) is 0 Å². The molecule has 3 rings (SSSR count). The summed E-state index contributed by atoms with van der Waals surface area (Å²) in [5.74, 6) is 0.903. The van der Waals surface area contributed by atoms with Gasteiger partial charge in [-0.1, -0.05) is 94.8 Å². The lowest BCUT2D eigenvalue weighted by molar-refractivity contribution is 1.12. The van der Waals surface area contributed by atoms with Crippen molar-refractivity contribution in [2.24, 2.45) is 0 Å². The molecule has 0 heteroatoms. The predicted octanol–water partition coefficient (Wildman–Crippen LogP) is 7.17. The SMILES string of the molecule is CC.CC.CCc1ccccc1.Cc1cccc(C2CC2)c1. The van der Waals surface area contributed by atoms with E-state index in [-0.39, 0.29) is 0 Å². The lowest BCUT2D eigenvalue weighted by Crippen LogP contribution is -1.78. The molecule has 122 valence electrons. The van der Waals surface area contributed by atoms with Gasteiger partial charge in [-0.25, -0.2) is 0 Å². The minimum Gasteiger partial charge on any atom is -0.0683 e. The van der Waals surface area contributed by atoms with Crippen molar-refractivity contribution >= 4 is 0 Å². The Morgan fingerprint density at radius 2 is 1.41 bits per heavy atom. The molecule has 0 radical (unpaired) electrons. The molecule has 0 bridgehead atoms. The first-order valence-corrected chi connectivity index (χ1v) is 8.90. The Morgan fingerprint density at radius 1 is 0.818 bits per heavy atom. The summed E-state index contributed by atoms with van der Waals surface area (Å²) in [6.45, 7) is 12.3. The third kappa shape index (κ3) is 8.67. The molecule has 0 amide bonds. The molecule has 0 N–H and O–H groups in total. The minimum absolute atomic E-state index is 0.903. The van der Waals surface area contributed by atoms with Gasteiger partial charge in [-0.3, -0.25) is 0 Å². The molecule has 0 heterocycles. The van der Waals surface area contributed by atoms with Crippen molar-refractivity contribution in [1.29, 1.82) is 0 Å². The van der Waals surface area contributed by atoms with E-state index in [2.05, 4.69) is 62.4 Å². The maximum absolute atomic E-state index is 2.30. The first-order valence-electron chi connectivity index (χ1n) is 8.90. The van der Waals surface area contributed by atoms with Crippen LogP contribution >= 0.6 is 0 Å². The minimum atomic E-state index is 0.903. The summed E-state index contributed by atoms with van der Waals surface area (Å²) < 4.78 is 0. The van der Waals surface area contributed by atoms with Gasteiger partial charge in [-0.05, 0) is 43.2 Å². The summed E-state index contributed by atoms with van der Waals surface area (Å²) in [7, 11) is 0. The van der Waals surface area contributed by atoms with Crippen LogP contribution in [-0.2, 0) is 6.42 Å². The van der Waals surface area contributed by atoms with Crippen LogP contribution in [0.1, 0.15) is 70.1 Å². The molecule has 0 unspecified atom stereocenters. The Balaban J connectivity index is 0.000000333. The van der Waals surface area contributed by atoms with Gasteiger partial charge in [0.15, 0.2) is 0 Å². The molecule has 2 aromatic carbocycles. The van der Waals surface area contributed by atoms with Crippen LogP contribution in [0.2, 0.25) is 0 Å². The summed E-state index contributed by atoms with van der Waals surface area (Å²) in [4.78, 5) is 0. The highest BCUT2D eigenvalue weighted by Crippen LogP contribution is 2.39. The quantitative estimate of drug-likeness (QED) is 0.551. The Labute approximate surface area is 138 Å². The van der Waals surface area contributed by atoms with E-state index in [9.17, 15) is 0 Å². The van der Waals surface area contributed by atoms with Gasteiger partial charge in [0.1, 0.15) is 0 Å². The fourth-order valence-corrected chi connectivity index (χ4v) is 2.05. The maximum atomic E-state index is 2.30. The van der Waals surface area contributed by atoms with Crippen molar-refractivity contribution in [2.75, 3.05) is 0 Å². The van der Waals surface area contributed by atoms with Crippen LogP contribution in [-0.4, -0.2) is 0 Å². The van der Waals surface area contributed by atoms with Gasteiger partial charge < -0.3 is 0 Å². The molecule has 0 spiro atoms. The van der Waals surface area contributed by atoms with Gasteiger partial charge >= 0.3 is 0 Å². The Morgan fingerprint density at radius 3 is 1.82 bits per heavy atom. The zero-order valence-electron chi connectivity index (χ0n) is 15.4. The highest BCUT2D eigenvalue weighted by molar-refractivity contribution is 5.28. The van der Waals surface area contributed by atoms with E-state index in [0.717, 1.165) is 12.3 Å². The largest absolute Gasteiger partial charge is 0.0683 e. The summed E-state index contributed by atoms with van der Waals surface area (Å²) >= 11 is 0. The van der Waals surface area contributed by atoms with Crippen LogP contribution in [0.5, 0.6) is 0 Å². The van der Waals surface area contributed by atoms with Crippen LogP contribution < -0.4 is 0 Å². The summed E-state index contributed by atoms with van der Waals surface area (Å²) in [5.41, 5.74) is 4.34. The topological polar surface area (TPSA) is 0 Å². The molecule has 1 saturated carbocycles. The van der Waals surface area contributed by atoms with Gasteiger partial charge in [0, 0.05) is 0 Å². The van der Waals surface area contributed by atoms with Crippen molar-refractivity contribution in [3.05, 3.63) is 71.3 Å². The lowest BCUT2D eigenvalue weighted by atomic mass is 10.1. The monoisotopic (exact) mass is 298 g/mol. The van der Waals surface area contributed by atoms with Gasteiger partial charge in [0.25, 0.3) is 0 Å². The summed E-state index contributed by atoms with van der Waals surface area (Å²) in [5, 5.41) is 0. The zero-order chi connectivity index (χ0) is 16.8. The Hall–Kier alpha value is -1.56. The third-order valence-corrected chi connectivity index (χ3v) is 3.34. The number of hydrogen-bond acceptors (Lipinski definition) is 0. The van der Waals surface area contributed by atoms with Crippen LogP contribution in [0.3, 0.4) is 0 Å². The molecule has 22 heavy (non-hydrogen) atoms. The van der Waals surface area contributed by atoms with Crippen molar-refractivity contribution in [1.82, 2.24) is 0 Å². The zero-order valence-corrected chi connectivity index (χ0v) is 15.4. The molecule has 0 nitrogen and oxygen atoms in total. The first kappa shape index (κ1) is 20.4. The predicted molar refractivity (Wildman–Crippen MR) is 102 cm³/mol. The number of benzene rings is 2. The van der Waals surface area contributed by atoms with Crippen LogP contribution in [0.15, 0.2) is 54.6 Å². The number of aryl methyl sites for hydroxylation is 2. The highest BCUT2D eigenvalue weighted by atomic mass is 14.3. The highest BCUT2D eigenvalue weighted by Gasteiger charge is 2.22. The van der Waals surface area contributed by atoms with E-state index >= 15 is 0 Å². The van der Waals surface area contributed by atoms with Crippen LogP contribution in [0, 0.1) is 6.92 Å². The normalized spacial score (nSPS) is 11.7. The van der Waals surface area contributed by atoms with E-state index in [0.29, 0.717) is 0 Å². The molecule has 0 aromatic heterocycles. The van der Waals surface area contributed by atoms with Gasteiger partial charge in [-0.15, -0.1) is 0 Å². The third-order valence-electron chi connectivity index (χ3n) is 3.34. The van der Waals surface area contributed by atoms with E-state index in [1.54, 1.807) is 5.56 Å². The van der Waals surface area contributed by atoms with Crippen molar-refractivity contribution in [3.8, 4) is 0 Å².